The van der Waals surface area contributed by atoms with Crippen molar-refractivity contribution in [2.24, 2.45) is 0 Å². The van der Waals surface area contributed by atoms with Crippen molar-refractivity contribution in [3.05, 3.63) is 34.6 Å². The van der Waals surface area contributed by atoms with Crippen molar-refractivity contribution in [3.8, 4) is 0 Å². The summed E-state index contributed by atoms with van der Waals surface area (Å²) in [7, 11) is 0. The predicted octanol–water partition coefficient (Wildman–Crippen LogP) is 4.26. The molecule has 0 aliphatic carbocycles. The van der Waals surface area contributed by atoms with Crippen molar-refractivity contribution in [2.45, 2.75) is 31.7 Å². The zero-order valence-electron chi connectivity index (χ0n) is 10.5. The molecule has 1 heterocycles. The molecule has 0 radical (unpaired) electrons. The van der Waals surface area contributed by atoms with Gasteiger partial charge in [-0.05, 0) is 37.8 Å². The van der Waals surface area contributed by atoms with Crippen molar-refractivity contribution in [3.63, 3.8) is 0 Å². The predicted molar refractivity (Wildman–Crippen MR) is 78.5 cm³/mol. The Labute approximate surface area is 126 Å². The van der Waals surface area contributed by atoms with Crippen LogP contribution in [-0.2, 0) is 0 Å². The van der Waals surface area contributed by atoms with E-state index in [0.29, 0.717) is 6.54 Å². The maximum absolute atomic E-state index is 13.9. The number of halogens is 3. The summed E-state index contributed by atoms with van der Waals surface area (Å²) in [4.78, 5) is 14.2. The van der Waals surface area contributed by atoms with Gasteiger partial charge in [-0.15, -0.1) is 0 Å². The quantitative estimate of drug-likeness (QED) is 0.745. The third-order valence-electron chi connectivity index (χ3n) is 3.49. The monoisotopic (exact) mass is 347 g/mol. The first-order chi connectivity index (χ1) is 9.15. The van der Waals surface area contributed by atoms with Crippen LogP contribution in [0.1, 0.15) is 36.0 Å². The second-order valence-corrected chi connectivity index (χ2v) is 5.93. The highest BCUT2D eigenvalue weighted by atomic mass is 79.9. The Morgan fingerprint density at radius 3 is 3.05 bits per heavy atom. The molecule has 1 saturated heterocycles. The van der Waals surface area contributed by atoms with Gasteiger partial charge in [0.1, 0.15) is 0 Å². The van der Waals surface area contributed by atoms with Gasteiger partial charge in [0, 0.05) is 17.9 Å². The first kappa shape index (κ1) is 14.8. The van der Waals surface area contributed by atoms with Gasteiger partial charge in [-0.3, -0.25) is 4.79 Å². The normalized spacial score (nSPS) is 18.9. The van der Waals surface area contributed by atoms with Gasteiger partial charge in [0.05, 0.1) is 10.6 Å². The molecule has 1 aliphatic rings. The van der Waals surface area contributed by atoms with Crippen molar-refractivity contribution < 1.29 is 9.18 Å². The Hall–Kier alpha value is -0.610. The Bertz CT molecular complexity index is 469. The second-order valence-electron chi connectivity index (χ2n) is 4.73. The number of carbonyl (C=O) groups is 1. The van der Waals surface area contributed by atoms with Crippen LogP contribution in [0.4, 0.5) is 4.39 Å². The van der Waals surface area contributed by atoms with Crippen LogP contribution in [0.5, 0.6) is 0 Å². The molecule has 1 aromatic carbocycles. The molecular formula is C14H16BrClFNO. The molecule has 1 amide bonds. The summed E-state index contributed by atoms with van der Waals surface area (Å²) >= 11 is 9.13. The molecule has 1 unspecified atom stereocenters. The van der Waals surface area contributed by atoms with E-state index in [1.807, 2.05) is 0 Å². The molecule has 5 heteroatoms. The molecule has 1 aliphatic heterocycles. The minimum absolute atomic E-state index is 0.00190. The van der Waals surface area contributed by atoms with Gasteiger partial charge in [0.25, 0.3) is 5.91 Å². The van der Waals surface area contributed by atoms with Gasteiger partial charge in [-0.25, -0.2) is 4.39 Å². The number of hydrogen-bond donors (Lipinski definition) is 0. The number of nitrogens with zero attached hydrogens (tertiary/aromatic N) is 1. The highest BCUT2D eigenvalue weighted by molar-refractivity contribution is 9.09. The lowest BCUT2D eigenvalue weighted by molar-refractivity contribution is 0.0725. The first-order valence-corrected chi connectivity index (χ1v) is 7.96. The van der Waals surface area contributed by atoms with Crippen LogP contribution < -0.4 is 0 Å². The third kappa shape index (κ3) is 3.29. The molecule has 104 valence electrons. The lowest BCUT2D eigenvalue weighted by Crippen LogP contribution is -2.36. The summed E-state index contributed by atoms with van der Waals surface area (Å²) in [5.41, 5.74) is 0.0817. The Morgan fingerprint density at radius 1 is 1.53 bits per heavy atom. The lowest BCUT2D eigenvalue weighted by atomic mass is 10.1. The number of likely N-dealkylation sites (tertiary alicyclic amines) is 1. The lowest BCUT2D eigenvalue weighted by Gasteiger charge is -2.25. The minimum atomic E-state index is -0.611. The zero-order valence-corrected chi connectivity index (χ0v) is 12.9. The highest BCUT2D eigenvalue weighted by Gasteiger charge is 2.30. The molecule has 0 aromatic heterocycles. The molecule has 1 aromatic rings. The summed E-state index contributed by atoms with van der Waals surface area (Å²) in [5, 5.41) is 0.930. The van der Waals surface area contributed by atoms with Crippen LogP contribution in [-0.4, -0.2) is 28.7 Å². The number of benzene rings is 1. The van der Waals surface area contributed by atoms with Crippen LogP contribution in [0.2, 0.25) is 5.02 Å². The maximum Gasteiger partial charge on any atom is 0.257 e. The number of hydrogen-bond acceptors (Lipinski definition) is 1. The topological polar surface area (TPSA) is 20.3 Å². The highest BCUT2D eigenvalue weighted by Crippen LogP contribution is 2.26. The van der Waals surface area contributed by atoms with Crippen molar-refractivity contribution >= 4 is 33.4 Å². The van der Waals surface area contributed by atoms with Gasteiger partial charge >= 0.3 is 0 Å². The molecule has 19 heavy (non-hydrogen) atoms. The molecular weight excluding hydrogens is 333 g/mol. The third-order valence-corrected chi connectivity index (χ3v) is 4.34. The standard InChI is InChI=1S/C14H16BrClFNO/c15-8-2-4-10-5-3-9-18(10)14(19)11-6-1-7-12(16)13(11)17/h1,6-7,10H,2-5,8-9H2. The Kier molecular flexibility index (Phi) is 5.22. The number of carbonyl (C=O) groups excluding carboxylic acids is 1. The van der Waals surface area contributed by atoms with Crippen LogP contribution in [0.3, 0.4) is 0 Å². The number of amides is 1. The van der Waals surface area contributed by atoms with Gasteiger partial charge in [0.2, 0.25) is 0 Å². The molecule has 0 N–H and O–H groups in total. The van der Waals surface area contributed by atoms with E-state index in [1.165, 1.54) is 12.1 Å². The molecule has 1 fully saturated rings. The maximum atomic E-state index is 13.9. The van der Waals surface area contributed by atoms with Crippen LogP contribution in [0, 0.1) is 5.82 Å². The Morgan fingerprint density at radius 2 is 2.32 bits per heavy atom. The van der Waals surface area contributed by atoms with Crippen LogP contribution in [0.25, 0.3) is 0 Å². The van der Waals surface area contributed by atoms with Crippen LogP contribution >= 0.6 is 27.5 Å². The van der Waals surface area contributed by atoms with E-state index in [0.717, 1.165) is 31.0 Å². The van der Waals surface area contributed by atoms with E-state index in [4.69, 9.17) is 11.6 Å². The van der Waals surface area contributed by atoms with E-state index in [1.54, 1.807) is 11.0 Å². The summed E-state index contributed by atoms with van der Waals surface area (Å²) in [5.74, 6) is -0.850. The molecule has 2 rings (SSSR count). The summed E-state index contributed by atoms with van der Waals surface area (Å²) < 4.78 is 13.9. The summed E-state index contributed by atoms with van der Waals surface area (Å²) in [6.45, 7) is 0.706. The Balaban J connectivity index is 2.16. The summed E-state index contributed by atoms with van der Waals surface area (Å²) in [6, 6.07) is 4.80. The average molecular weight is 349 g/mol. The van der Waals surface area contributed by atoms with Crippen molar-refractivity contribution in [1.29, 1.82) is 0 Å². The fraction of sp³-hybridized carbons (Fsp3) is 0.500. The zero-order chi connectivity index (χ0) is 13.8. The molecule has 2 nitrogen and oxygen atoms in total. The van der Waals surface area contributed by atoms with E-state index < -0.39 is 5.82 Å². The molecule has 0 spiro atoms. The largest absolute Gasteiger partial charge is 0.336 e. The smallest absolute Gasteiger partial charge is 0.257 e. The number of alkyl halides is 1. The summed E-state index contributed by atoms with van der Waals surface area (Å²) in [6.07, 6.45) is 3.97. The number of rotatable bonds is 4. The molecule has 0 saturated carbocycles. The molecule has 0 bridgehead atoms. The first-order valence-electron chi connectivity index (χ1n) is 6.46. The van der Waals surface area contributed by atoms with Gasteiger partial charge in [-0.1, -0.05) is 33.6 Å². The van der Waals surface area contributed by atoms with E-state index in [9.17, 15) is 9.18 Å². The van der Waals surface area contributed by atoms with E-state index in [-0.39, 0.29) is 22.5 Å². The second kappa shape index (κ2) is 6.71. The van der Waals surface area contributed by atoms with Crippen LogP contribution in [0.15, 0.2) is 18.2 Å². The fourth-order valence-corrected chi connectivity index (χ4v) is 3.04. The van der Waals surface area contributed by atoms with Gasteiger partial charge < -0.3 is 4.90 Å². The van der Waals surface area contributed by atoms with Crippen molar-refractivity contribution in [2.75, 3.05) is 11.9 Å². The van der Waals surface area contributed by atoms with E-state index in [2.05, 4.69) is 15.9 Å². The average Bonchev–Trinajstić information content (AvgIpc) is 2.87. The van der Waals surface area contributed by atoms with E-state index >= 15 is 0 Å². The van der Waals surface area contributed by atoms with Crippen molar-refractivity contribution in [1.82, 2.24) is 4.90 Å². The fourth-order valence-electron chi connectivity index (χ4n) is 2.54. The van der Waals surface area contributed by atoms with Gasteiger partial charge in [0.15, 0.2) is 5.82 Å². The van der Waals surface area contributed by atoms with Gasteiger partial charge in [-0.2, -0.15) is 0 Å². The molecule has 1 atom stereocenters. The SMILES string of the molecule is O=C(c1cccc(Cl)c1F)N1CCCC1CCCBr. The minimum Gasteiger partial charge on any atom is -0.336 e.